The van der Waals surface area contributed by atoms with Crippen molar-refractivity contribution in [1.29, 1.82) is 0 Å². The summed E-state index contributed by atoms with van der Waals surface area (Å²) in [5.74, 6) is 0.748. The zero-order valence-electron chi connectivity index (χ0n) is 14.9. The third kappa shape index (κ3) is 3.76. The molecule has 6 heteroatoms. The number of imidazole rings is 1. The van der Waals surface area contributed by atoms with Crippen LogP contribution in [0.2, 0.25) is 0 Å². The summed E-state index contributed by atoms with van der Waals surface area (Å²) in [6.45, 7) is 7.61. The molecule has 1 aliphatic rings. The zero-order valence-corrected chi connectivity index (χ0v) is 15.7. The van der Waals surface area contributed by atoms with Gasteiger partial charge in [-0.1, -0.05) is 6.07 Å². The van der Waals surface area contributed by atoms with Crippen molar-refractivity contribution in [2.45, 2.75) is 26.4 Å². The van der Waals surface area contributed by atoms with Gasteiger partial charge in [0.05, 0.1) is 23.1 Å². The van der Waals surface area contributed by atoms with Crippen molar-refractivity contribution >= 4 is 17.0 Å². The van der Waals surface area contributed by atoms with Crippen molar-refractivity contribution < 1.29 is 0 Å². The maximum absolute atomic E-state index is 4.50. The Kier molecular flexibility index (Phi) is 4.83. The van der Waals surface area contributed by atoms with Crippen LogP contribution in [0.1, 0.15) is 22.7 Å². The summed E-state index contributed by atoms with van der Waals surface area (Å²) in [6.07, 6.45) is 5.40. The number of aromatic nitrogens is 3. The van der Waals surface area contributed by atoms with E-state index in [1.807, 2.05) is 17.8 Å². The fourth-order valence-corrected chi connectivity index (χ4v) is 4.62. The molecule has 3 aromatic rings. The van der Waals surface area contributed by atoms with E-state index in [4.69, 9.17) is 0 Å². The maximum atomic E-state index is 4.50. The zero-order chi connectivity index (χ0) is 17.2. The Balaban J connectivity index is 1.31. The molecule has 0 amide bonds. The summed E-state index contributed by atoms with van der Waals surface area (Å²) in [5.41, 5.74) is 5.45. The number of rotatable bonds is 6. The second-order valence-corrected chi connectivity index (χ2v) is 8.07. The number of hydrogen-bond donors (Lipinski definition) is 0. The number of pyridine rings is 1. The van der Waals surface area contributed by atoms with Crippen molar-refractivity contribution in [3.63, 3.8) is 0 Å². The number of likely N-dealkylation sites (tertiary alicyclic amines) is 1. The van der Waals surface area contributed by atoms with Crippen molar-refractivity contribution in [2.75, 3.05) is 26.7 Å². The molecule has 0 saturated carbocycles. The number of hydrogen-bond acceptors (Lipinski definition) is 5. The van der Waals surface area contributed by atoms with Gasteiger partial charge in [0.2, 0.25) is 0 Å². The van der Waals surface area contributed by atoms with Gasteiger partial charge in [-0.15, -0.1) is 11.3 Å². The molecule has 0 aromatic carbocycles. The van der Waals surface area contributed by atoms with Crippen LogP contribution in [0.15, 0.2) is 36.1 Å². The average Bonchev–Trinajstić information content (AvgIpc) is 3.31. The van der Waals surface area contributed by atoms with E-state index >= 15 is 0 Å². The van der Waals surface area contributed by atoms with Crippen molar-refractivity contribution in [3.05, 3.63) is 52.4 Å². The molecule has 0 spiro atoms. The normalized spacial score (nSPS) is 18.6. The third-order valence-electron chi connectivity index (χ3n) is 5.08. The van der Waals surface area contributed by atoms with E-state index in [0.29, 0.717) is 0 Å². The Morgan fingerprint density at radius 3 is 3.08 bits per heavy atom. The Bertz CT molecular complexity index is 839. The monoisotopic (exact) mass is 355 g/mol. The van der Waals surface area contributed by atoms with Gasteiger partial charge >= 0.3 is 0 Å². The topological polar surface area (TPSA) is 36.7 Å². The molecule has 1 aliphatic heterocycles. The van der Waals surface area contributed by atoms with Crippen LogP contribution in [0, 0.1) is 12.8 Å². The Labute approximate surface area is 152 Å². The first kappa shape index (κ1) is 16.7. The molecule has 132 valence electrons. The second kappa shape index (κ2) is 7.23. The highest BCUT2D eigenvalue weighted by molar-refractivity contribution is 7.09. The average molecular weight is 356 g/mol. The minimum atomic E-state index is 0.748. The van der Waals surface area contributed by atoms with Gasteiger partial charge in [-0.05, 0) is 45.0 Å². The van der Waals surface area contributed by atoms with E-state index in [2.05, 4.69) is 56.5 Å². The summed E-state index contributed by atoms with van der Waals surface area (Å²) < 4.78 is 2.20. The predicted molar refractivity (Wildman–Crippen MR) is 102 cm³/mol. The van der Waals surface area contributed by atoms with E-state index in [1.54, 1.807) is 11.3 Å². The van der Waals surface area contributed by atoms with Crippen molar-refractivity contribution in [3.8, 4) is 0 Å². The van der Waals surface area contributed by atoms with Gasteiger partial charge in [0.15, 0.2) is 0 Å². The second-order valence-electron chi connectivity index (χ2n) is 7.13. The van der Waals surface area contributed by atoms with Crippen molar-refractivity contribution in [2.24, 2.45) is 5.92 Å². The standard InChI is InChI=1S/C19H25N5S/c1-15-18(25-14-21-15)13-22(2)10-16-6-8-23(11-16)12-17-9-20-19-5-3-4-7-24(17)19/h3-5,7,9,14,16H,6,8,10-13H2,1-2H3/t16-/m1/s1. The highest BCUT2D eigenvalue weighted by Gasteiger charge is 2.24. The lowest BCUT2D eigenvalue weighted by Crippen LogP contribution is -2.28. The van der Waals surface area contributed by atoms with Crippen LogP contribution in [-0.2, 0) is 13.1 Å². The fraction of sp³-hybridized carbons (Fsp3) is 0.474. The molecule has 25 heavy (non-hydrogen) atoms. The van der Waals surface area contributed by atoms with Crippen LogP contribution in [-0.4, -0.2) is 50.9 Å². The predicted octanol–water partition coefficient (Wildman–Crippen LogP) is 3.05. The number of aryl methyl sites for hydroxylation is 1. The highest BCUT2D eigenvalue weighted by atomic mass is 32.1. The summed E-state index contributed by atoms with van der Waals surface area (Å²) in [4.78, 5) is 15.3. The molecule has 0 N–H and O–H groups in total. The number of nitrogens with zero attached hydrogens (tertiary/aromatic N) is 5. The van der Waals surface area contributed by atoms with E-state index in [9.17, 15) is 0 Å². The van der Waals surface area contributed by atoms with E-state index in [0.717, 1.165) is 31.2 Å². The van der Waals surface area contributed by atoms with Crippen LogP contribution in [0.4, 0.5) is 0 Å². The molecular formula is C19H25N5S. The summed E-state index contributed by atoms with van der Waals surface area (Å²) in [6, 6.07) is 6.17. The molecule has 4 rings (SSSR count). The number of thiazole rings is 1. The Morgan fingerprint density at radius 2 is 2.24 bits per heavy atom. The SMILES string of the molecule is Cc1ncsc1CN(C)C[C@H]1CCN(Cc2cnc3ccccn23)C1. The lowest BCUT2D eigenvalue weighted by molar-refractivity contribution is 0.254. The first-order chi connectivity index (χ1) is 12.2. The summed E-state index contributed by atoms with van der Waals surface area (Å²) >= 11 is 1.77. The van der Waals surface area contributed by atoms with Crippen LogP contribution >= 0.6 is 11.3 Å². The van der Waals surface area contributed by atoms with Gasteiger partial charge < -0.3 is 9.30 Å². The molecule has 0 unspecified atom stereocenters. The van der Waals surface area contributed by atoms with Gasteiger partial charge in [-0.3, -0.25) is 4.90 Å². The maximum Gasteiger partial charge on any atom is 0.136 e. The Hall–Kier alpha value is -1.76. The van der Waals surface area contributed by atoms with Crippen LogP contribution in [0.5, 0.6) is 0 Å². The van der Waals surface area contributed by atoms with E-state index in [1.165, 1.54) is 35.8 Å². The number of fused-ring (bicyclic) bond motifs is 1. The van der Waals surface area contributed by atoms with Gasteiger partial charge in [0, 0.05) is 37.3 Å². The summed E-state index contributed by atoms with van der Waals surface area (Å²) in [7, 11) is 2.23. The molecule has 1 fully saturated rings. The lowest BCUT2D eigenvalue weighted by Gasteiger charge is -2.21. The minimum absolute atomic E-state index is 0.748. The molecule has 0 radical (unpaired) electrons. The first-order valence-electron chi connectivity index (χ1n) is 8.90. The molecule has 0 aliphatic carbocycles. The molecule has 1 atom stereocenters. The van der Waals surface area contributed by atoms with Crippen LogP contribution in [0.3, 0.4) is 0 Å². The van der Waals surface area contributed by atoms with Crippen molar-refractivity contribution in [1.82, 2.24) is 24.2 Å². The molecule has 5 nitrogen and oxygen atoms in total. The van der Waals surface area contributed by atoms with Gasteiger partial charge in [-0.25, -0.2) is 9.97 Å². The highest BCUT2D eigenvalue weighted by Crippen LogP contribution is 2.21. The largest absolute Gasteiger partial charge is 0.303 e. The molecule has 0 bridgehead atoms. The molecular weight excluding hydrogens is 330 g/mol. The molecule has 1 saturated heterocycles. The van der Waals surface area contributed by atoms with Gasteiger partial charge in [0.1, 0.15) is 5.65 Å². The van der Waals surface area contributed by atoms with E-state index < -0.39 is 0 Å². The third-order valence-corrected chi connectivity index (χ3v) is 6.00. The van der Waals surface area contributed by atoms with Crippen LogP contribution in [0.25, 0.3) is 5.65 Å². The summed E-state index contributed by atoms with van der Waals surface area (Å²) in [5, 5.41) is 0. The first-order valence-corrected chi connectivity index (χ1v) is 9.78. The van der Waals surface area contributed by atoms with Gasteiger partial charge in [0.25, 0.3) is 0 Å². The minimum Gasteiger partial charge on any atom is -0.303 e. The molecule has 4 heterocycles. The molecule has 3 aromatic heterocycles. The smallest absolute Gasteiger partial charge is 0.136 e. The van der Waals surface area contributed by atoms with Crippen LogP contribution < -0.4 is 0 Å². The van der Waals surface area contributed by atoms with E-state index in [-0.39, 0.29) is 0 Å². The lowest BCUT2D eigenvalue weighted by atomic mass is 10.1. The Morgan fingerprint density at radius 1 is 1.32 bits per heavy atom. The fourth-order valence-electron chi connectivity index (χ4n) is 3.77. The van der Waals surface area contributed by atoms with Gasteiger partial charge in [-0.2, -0.15) is 0 Å². The quantitative estimate of drug-likeness (QED) is 0.681.